The quantitative estimate of drug-likeness (QED) is 0.471. The number of aliphatic hydroxyl groups excluding tert-OH is 1. The maximum absolute atomic E-state index is 9.37. The van der Waals surface area contributed by atoms with Gasteiger partial charge in [0.25, 0.3) is 0 Å². The van der Waals surface area contributed by atoms with Gasteiger partial charge in [0.2, 0.25) is 0 Å². The summed E-state index contributed by atoms with van der Waals surface area (Å²) in [5, 5.41) is 12.7. The molecule has 5 nitrogen and oxygen atoms in total. The molecule has 0 aliphatic heterocycles. The zero-order valence-corrected chi connectivity index (χ0v) is 10.6. The van der Waals surface area contributed by atoms with E-state index in [-0.39, 0.29) is 0 Å². The third-order valence-electron chi connectivity index (χ3n) is 3.74. The molecule has 0 spiro atoms. The summed E-state index contributed by atoms with van der Waals surface area (Å²) in [4.78, 5) is 4.32. The Labute approximate surface area is 108 Å². The van der Waals surface area contributed by atoms with Crippen LogP contribution >= 0.6 is 0 Å². The standard InChI is InChI=1S/C13H22N4O/c14-17-13-7-3-6-12(16-13)15-8-10-4-1-2-5-11(10)9-18/h3,6-7,10-11,18H,1-2,4-5,8-9,14H2,(H2,15,16,17). The number of nitrogens with one attached hydrogen (secondary N) is 2. The average molecular weight is 250 g/mol. The van der Waals surface area contributed by atoms with Crippen LogP contribution in [-0.2, 0) is 0 Å². The number of hydrogen-bond donors (Lipinski definition) is 4. The molecule has 1 aliphatic carbocycles. The lowest BCUT2D eigenvalue weighted by atomic mass is 9.79. The number of aromatic nitrogens is 1. The fourth-order valence-corrected chi connectivity index (χ4v) is 2.64. The third kappa shape index (κ3) is 3.34. The Kier molecular flexibility index (Phi) is 4.78. The SMILES string of the molecule is NNc1cccc(NCC2CCCCC2CO)n1. The first-order valence-electron chi connectivity index (χ1n) is 6.62. The van der Waals surface area contributed by atoms with Gasteiger partial charge < -0.3 is 15.8 Å². The molecule has 0 radical (unpaired) electrons. The highest BCUT2D eigenvalue weighted by Gasteiger charge is 2.24. The number of hydrogen-bond acceptors (Lipinski definition) is 5. The minimum Gasteiger partial charge on any atom is -0.396 e. The molecule has 2 atom stereocenters. The smallest absolute Gasteiger partial charge is 0.142 e. The van der Waals surface area contributed by atoms with Crippen LogP contribution in [0.25, 0.3) is 0 Å². The summed E-state index contributed by atoms with van der Waals surface area (Å²) in [5.74, 6) is 7.78. The van der Waals surface area contributed by atoms with Gasteiger partial charge in [0.05, 0.1) is 0 Å². The van der Waals surface area contributed by atoms with Crippen molar-refractivity contribution in [2.24, 2.45) is 17.7 Å². The van der Waals surface area contributed by atoms with Crippen LogP contribution < -0.4 is 16.6 Å². The normalized spacial score (nSPS) is 23.7. The van der Waals surface area contributed by atoms with Crippen LogP contribution in [0.15, 0.2) is 18.2 Å². The second kappa shape index (κ2) is 6.56. The molecule has 1 aromatic heterocycles. The van der Waals surface area contributed by atoms with E-state index in [4.69, 9.17) is 5.84 Å². The number of hydrazine groups is 1. The minimum atomic E-state index is 0.296. The van der Waals surface area contributed by atoms with Crippen molar-refractivity contribution in [1.29, 1.82) is 0 Å². The Morgan fingerprint density at radius 2 is 1.94 bits per heavy atom. The molecule has 0 aromatic carbocycles. The third-order valence-corrected chi connectivity index (χ3v) is 3.74. The van der Waals surface area contributed by atoms with E-state index in [1.165, 1.54) is 19.3 Å². The van der Waals surface area contributed by atoms with Gasteiger partial charge in [-0.2, -0.15) is 0 Å². The molecule has 18 heavy (non-hydrogen) atoms. The first-order chi connectivity index (χ1) is 8.83. The molecule has 0 saturated heterocycles. The van der Waals surface area contributed by atoms with E-state index in [0.717, 1.165) is 18.8 Å². The molecule has 1 aliphatic rings. The van der Waals surface area contributed by atoms with Crippen molar-refractivity contribution in [2.75, 3.05) is 23.9 Å². The molecule has 0 amide bonds. The Morgan fingerprint density at radius 1 is 1.22 bits per heavy atom. The molecule has 1 aromatic rings. The van der Waals surface area contributed by atoms with Crippen molar-refractivity contribution in [1.82, 2.24) is 4.98 Å². The zero-order valence-electron chi connectivity index (χ0n) is 10.6. The molecule has 2 unspecified atom stereocenters. The first kappa shape index (κ1) is 13.1. The van der Waals surface area contributed by atoms with Crippen LogP contribution in [0.2, 0.25) is 0 Å². The van der Waals surface area contributed by atoms with Gasteiger partial charge in [-0.25, -0.2) is 10.8 Å². The van der Waals surface area contributed by atoms with Crippen molar-refractivity contribution >= 4 is 11.6 Å². The van der Waals surface area contributed by atoms with E-state index in [2.05, 4.69) is 15.7 Å². The fraction of sp³-hybridized carbons (Fsp3) is 0.615. The summed E-state index contributed by atoms with van der Waals surface area (Å²) in [6.07, 6.45) is 4.83. The van der Waals surface area contributed by atoms with Gasteiger partial charge in [-0.3, -0.25) is 0 Å². The van der Waals surface area contributed by atoms with Gasteiger partial charge >= 0.3 is 0 Å². The number of pyridine rings is 1. The lowest BCUT2D eigenvalue weighted by Crippen LogP contribution is -2.28. The summed E-state index contributed by atoms with van der Waals surface area (Å²) < 4.78 is 0. The fourth-order valence-electron chi connectivity index (χ4n) is 2.64. The molecule has 0 bridgehead atoms. The molecular weight excluding hydrogens is 228 g/mol. The second-order valence-corrected chi connectivity index (χ2v) is 4.92. The number of nitrogens with zero attached hydrogens (tertiary/aromatic N) is 1. The Morgan fingerprint density at radius 3 is 2.67 bits per heavy atom. The van der Waals surface area contributed by atoms with E-state index in [1.54, 1.807) is 0 Å². The average Bonchev–Trinajstić information content (AvgIpc) is 2.45. The second-order valence-electron chi connectivity index (χ2n) is 4.92. The molecule has 5 heteroatoms. The van der Waals surface area contributed by atoms with E-state index >= 15 is 0 Å². The number of aliphatic hydroxyl groups is 1. The number of nitrogens with two attached hydrogens (primary N) is 1. The van der Waals surface area contributed by atoms with Crippen LogP contribution in [0.4, 0.5) is 11.6 Å². The van der Waals surface area contributed by atoms with Crippen LogP contribution in [0.1, 0.15) is 25.7 Å². The highest BCUT2D eigenvalue weighted by atomic mass is 16.3. The summed E-state index contributed by atoms with van der Waals surface area (Å²) >= 11 is 0. The largest absolute Gasteiger partial charge is 0.396 e. The van der Waals surface area contributed by atoms with E-state index in [9.17, 15) is 5.11 Å². The molecule has 100 valence electrons. The topological polar surface area (TPSA) is 83.2 Å². The van der Waals surface area contributed by atoms with Crippen molar-refractivity contribution in [3.05, 3.63) is 18.2 Å². The van der Waals surface area contributed by atoms with Gasteiger partial charge in [-0.1, -0.05) is 18.9 Å². The minimum absolute atomic E-state index is 0.296. The Bertz CT molecular complexity index is 372. The maximum atomic E-state index is 9.37. The van der Waals surface area contributed by atoms with Crippen molar-refractivity contribution in [3.8, 4) is 0 Å². The molecule has 1 fully saturated rings. The highest BCUT2D eigenvalue weighted by molar-refractivity contribution is 5.44. The number of rotatable bonds is 5. The monoisotopic (exact) mass is 250 g/mol. The van der Waals surface area contributed by atoms with Gasteiger partial charge in [0.15, 0.2) is 0 Å². The van der Waals surface area contributed by atoms with Crippen LogP contribution in [-0.4, -0.2) is 23.2 Å². The molecule has 2 rings (SSSR count). The van der Waals surface area contributed by atoms with Crippen molar-refractivity contribution in [3.63, 3.8) is 0 Å². The number of nitrogen functional groups attached to an aromatic ring is 1. The van der Waals surface area contributed by atoms with Gasteiger partial charge in [-0.05, 0) is 36.8 Å². The maximum Gasteiger partial charge on any atom is 0.142 e. The molecule has 1 saturated carbocycles. The van der Waals surface area contributed by atoms with Gasteiger partial charge in [-0.15, -0.1) is 0 Å². The molecule has 5 N–H and O–H groups in total. The molecular formula is C13H22N4O. The lowest BCUT2D eigenvalue weighted by molar-refractivity contribution is 0.141. The summed E-state index contributed by atoms with van der Waals surface area (Å²) in [7, 11) is 0. The van der Waals surface area contributed by atoms with E-state index < -0.39 is 0 Å². The Balaban J connectivity index is 1.89. The molecule has 1 heterocycles. The highest BCUT2D eigenvalue weighted by Crippen LogP contribution is 2.29. The van der Waals surface area contributed by atoms with E-state index in [1.807, 2.05) is 18.2 Å². The summed E-state index contributed by atoms with van der Waals surface area (Å²) in [6, 6.07) is 5.66. The van der Waals surface area contributed by atoms with Crippen LogP contribution in [0, 0.1) is 11.8 Å². The first-order valence-corrected chi connectivity index (χ1v) is 6.62. The summed E-state index contributed by atoms with van der Waals surface area (Å²) in [5.41, 5.74) is 2.53. The predicted molar refractivity (Wildman–Crippen MR) is 73.1 cm³/mol. The van der Waals surface area contributed by atoms with Gasteiger partial charge in [0.1, 0.15) is 11.6 Å². The van der Waals surface area contributed by atoms with Crippen LogP contribution in [0.3, 0.4) is 0 Å². The Hall–Kier alpha value is -1.33. The summed E-state index contributed by atoms with van der Waals surface area (Å²) in [6.45, 7) is 1.16. The lowest BCUT2D eigenvalue weighted by Gasteiger charge is -2.30. The van der Waals surface area contributed by atoms with E-state index in [0.29, 0.717) is 24.3 Å². The zero-order chi connectivity index (χ0) is 12.8. The van der Waals surface area contributed by atoms with Crippen molar-refractivity contribution in [2.45, 2.75) is 25.7 Å². The van der Waals surface area contributed by atoms with Crippen molar-refractivity contribution < 1.29 is 5.11 Å². The van der Waals surface area contributed by atoms with Gasteiger partial charge in [0, 0.05) is 13.2 Å². The predicted octanol–water partition coefficient (Wildman–Crippen LogP) is 1.58. The number of anilines is 2. The van der Waals surface area contributed by atoms with Crippen LogP contribution in [0.5, 0.6) is 0 Å².